The lowest BCUT2D eigenvalue weighted by Gasteiger charge is -2.32. The zero-order chi connectivity index (χ0) is 21.7. The van der Waals surface area contributed by atoms with E-state index < -0.39 is 0 Å². The number of nitrogens with zero attached hydrogens (tertiary/aromatic N) is 4. The van der Waals surface area contributed by atoms with Crippen LogP contribution in [0.1, 0.15) is 59.2 Å². The molecule has 1 saturated heterocycles. The molecular formula is C26H30N4S. The molecule has 5 heteroatoms. The number of thioether (sulfide) groups is 1. The summed E-state index contributed by atoms with van der Waals surface area (Å²) in [7, 11) is 0. The Morgan fingerprint density at radius 3 is 2.48 bits per heavy atom. The lowest BCUT2D eigenvalue weighted by atomic mass is 9.95. The van der Waals surface area contributed by atoms with Gasteiger partial charge in [0.2, 0.25) is 0 Å². The van der Waals surface area contributed by atoms with Crippen LogP contribution in [0.4, 0.5) is 0 Å². The monoisotopic (exact) mass is 430 g/mol. The molecule has 0 spiro atoms. The molecule has 3 atom stereocenters. The van der Waals surface area contributed by atoms with Gasteiger partial charge < -0.3 is 9.47 Å². The molecule has 31 heavy (non-hydrogen) atoms. The van der Waals surface area contributed by atoms with Crippen molar-refractivity contribution in [1.82, 2.24) is 14.5 Å². The minimum absolute atomic E-state index is 0.0336. The molecule has 5 rings (SSSR count). The average Bonchev–Trinajstić information content (AvgIpc) is 3.39. The minimum atomic E-state index is 0.0336. The maximum atomic E-state index is 5.19. The number of benzene rings is 1. The van der Waals surface area contributed by atoms with Crippen LogP contribution < -0.4 is 0 Å². The Labute approximate surface area is 189 Å². The maximum absolute atomic E-state index is 5.19. The van der Waals surface area contributed by atoms with Gasteiger partial charge >= 0.3 is 0 Å². The van der Waals surface area contributed by atoms with E-state index >= 15 is 0 Å². The summed E-state index contributed by atoms with van der Waals surface area (Å²) in [5, 5.41) is 1.18. The van der Waals surface area contributed by atoms with Crippen molar-refractivity contribution >= 4 is 16.9 Å². The smallest absolute Gasteiger partial charge is 0.160 e. The van der Waals surface area contributed by atoms with Crippen LogP contribution in [0.5, 0.6) is 0 Å². The lowest BCUT2D eigenvalue weighted by Crippen LogP contribution is -2.35. The van der Waals surface area contributed by atoms with Crippen molar-refractivity contribution in [2.45, 2.75) is 59.2 Å². The number of fused-ring (bicyclic) bond motifs is 1. The van der Waals surface area contributed by atoms with E-state index in [2.05, 4.69) is 80.5 Å². The molecule has 4 nitrogen and oxygen atoms in total. The van der Waals surface area contributed by atoms with Crippen molar-refractivity contribution < 1.29 is 0 Å². The molecule has 0 amide bonds. The van der Waals surface area contributed by atoms with Crippen molar-refractivity contribution in [2.75, 3.05) is 5.75 Å². The first kappa shape index (κ1) is 20.4. The first-order chi connectivity index (χ1) is 15.0. The Morgan fingerprint density at radius 2 is 1.81 bits per heavy atom. The number of hydrogen-bond acceptors (Lipinski definition) is 4. The average molecular weight is 431 g/mol. The largest absolute Gasteiger partial charge is 0.338 e. The molecule has 0 N–H and O–H groups in total. The van der Waals surface area contributed by atoms with Gasteiger partial charge in [0.05, 0.1) is 11.7 Å². The summed E-state index contributed by atoms with van der Waals surface area (Å²) in [6, 6.07) is 16.1. The summed E-state index contributed by atoms with van der Waals surface area (Å²) in [5.74, 6) is 1.12. The molecule has 0 radical (unpaired) electrons. The van der Waals surface area contributed by atoms with E-state index in [1.807, 2.05) is 24.0 Å². The second kappa shape index (κ2) is 7.86. The van der Waals surface area contributed by atoms with Crippen LogP contribution in [0, 0.1) is 27.7 Å². The molecule has 160 valence electrons. The Bertz CT molecular complexity index is 1130. The molecule has 0 saturated carbocycles. The first-order valence-electron chi connectivity index (χ1n) is 11.1. The fourth-order valence-electron chi connectivity index (χ4n) is 5.25. The van der Waals surface area contributed by atoms with Gasteiger partial charge in [0.1, 0.15) is 6.04 Å². The molecule has 2 aliphatic rings. The molecule has 1 aromatic carbocycles. The van der Waals surface area contributed by atoms with Crippen molar-refractivity contribution in [1.29, 1.82) is 0 Å². The van der Waals surface area contributed by atoms with Gasteiger partial charge in [-0.15, -0.1) is 0 Å². The van der Waals surface area contributed by atoms with Crippen LogP contribution in [0.3, 0.4) is 0 Å². The number of amidine groups is 1. The standard InChI is InChI=1S/C26H30N4S/c1-6-20-15-31-26-28-24(23-9-7-8-10-27-23)25(30(20)26)22-14-18(4)29(19(22)5)21-12-16(2)11-17(3)13-21/h7-14,20,24-25H,6,15H2,1-5H3/t20-,24-,25-/m1/s1. The summed E-state index contributed by atoms with van der Waals surface area (Å²) in [6.45, 7) is 11.1. The van der Waals surface area contributed by atoms with Crippen molar-refractivity contribution in [2.24, 2.45) is 4.99 Å². The summed E-state index contributed by atoms with van der Waals surface area (Å²) < 4.78 is 2.41. The van der Waals surface area contributed by atoms with E-state index in [9.17, 15) is 0 Å². The molecule has 2 aromatic heterocycles. The molecule has 0 bridgehead atoms. The quantitative estimate of drug-likeness (QED) is 0.502. The van der Waals surface area contributed by atoms with Crippen molar-refractivity contribution in [3.8, 4) is 5.69 Å². The van der Waals surface area contributed by atoms with Crippen LogP contribution in [-0.4, -0.2) is 31.4 Å². The van der Waals surface area contributed by atoms with E-state index in [1.54, 1.807) is 0 Å². The third-order valence-corrected chi connectivity index (χ3v) is 7.71. The molecule has 2 aliphatic heterocycles. The molecule has 0 aliphatic carbocycles. The number of aryl methyl sites for hydroxylation is 3. The van der Waals surface area contributed by atoms with Gasteiger partial charge in [-0.3, -0.25) is 9.98 Å². The number of aromatic nitrogens is 2. The number of hydrogen-bond donors (Lipinski definition) is 0. The van der Waals surface area contributed by atoms with Crippen molar-refractivity contribution in [3.05, 3.63) is 82.4 Å². The second-order valence-electron chi connectivity index (χ2n) is 8.84. The number of pyridine rings is 1. The van der Waals surface area contributed by atoms with Crippen LogP contribution in [-0.2, 0) is 0 Å². The predicted molar refractivity (Wildman–Crippen MR) is 130 cm³/mol. The first-order valence-corrected chi connectivity index (χ1v) is 12.1. The van der Waals surface area contributed by atoms with Gasteiger partial charge in [-0.1, -0.05) is 30.8 Å². The van der Waals surface area contributed by atoms with E-state index in [-0.39, 0.29) is 12.1 Å². The van der Waals surface area contributed by atoms with Gasteiger partial charge in [-0.2, -0.15) is 0 Å². The van der Waals surface area contributed by atoms with Crippen LogP contribution in [0.25, 0.3) is 5.69 Å². The third-order valence-electron chi connectivity index (χ3n) is 6.58. The SMILES string of the molecule is CC[C@@H]1CSC2=N[C@H](c3ccccn3)[C@@H](c3cc(C)n(-c4cc(C)cc(C)c4)c3C)N21. The van der Waals surface area contributed by atoms with Gasteiger partial charge in [0.15, 0.2) is 5.17 Å². The fraction of sp³-hybridized carbons (Fsp3) is 0.385. The van der Waals surface area contributed by atoms with Gasteiger partial charge in [-0.25, -0.2) is 0 Å². The van der Waals surface area contributed by atoms with Crippen LogP contribution in [0.2, 0.25) is 0 Å². The zero-order valence-electron chi connectivity index (χ0n) is 19.0. The van der Waals surface area contributed by atoms with Gasteiger partial charge in [0, 0.05) is 35.1 Å². The maximum Gasteiger partial charge on any atom is 0.160 e. The molecular weight excluding hydrogens is 400 g/mol. The van der Waals surface area contributed by atoms with Crippen molar-refractivity contribution in [3.63, 3.8) is 0 Å². The highest BCUT2D eigenvalue weighted by atomic mass is 32.2. The summed E-state index contributed by atoms with van der Waals surface area (Å²) in [4.78, 5) is 12.5. The summed E-state index contributed by atoms with van der Waals surface area (Å²) in [5.41, 5.74) is 8.83. The van der Waals surface area contributed by atoms with E-state index in [0.29, 0.717) is 6.04 Å². The second-order valence-corrected chi connectivity index (χ2v) is 9.83. The fourth-order valence-corrected chi connectivity index (χ4v) is 6.59. The van der Waals surface area contributed by atoms with Gasteiger partial charge in [0.25, 0.3) is 0 Å². The third kappa shape index (κ3) is 3.39. The zero-order valence-corrected chi connectivity index (χ0v) is 19.8. The summed E-state index contributed by atoms with van der Waals surface area (Å²) >= 11 is 1.90. The highest BCUT2D eigenvalue weighted by Crippen LogP contribution is 2.49. The van der Waals surface area contributed by atoms with E-state index in [0.717, 1.165) is 17.9 Å². The Balaban J connectivity index is 1.65. The molecule has 1 fully saturated rings. The summed E-state index contributed by atoms with van der Waals surface area (Å²) in [6.07, 6.45) is 3.02. The topological polar surface area (TPSA) is 33.4 Å². The van der Waals surface area contributed by atoms with Crippen LogP contribution >= 0.6 is 11.8 Å². The highest BCUT2D eigenvalue weighted by Gasteiger charge is 2.46. The van der Waals surface area contributed by atoms with E-state index in [4.69, 9.17) is 9.98 Å². The van der Waals surface area contributed by atoms with E-state index in [1.165, 1.54) is 38.9 Å². The predicted octanol–water partition coefficient (Wildman–Crippen LogP) is 6.09. The Hall–Kier alpha value is -2.53. The Kier molecular flexibility index (Phi) is 5.17. The minimum Gasteiger partial charge on any atom is -0.338 e. The highest BCUT2D eigenvalue weighted by molar-refractivity contribution is 8.14. The molecule has 3 aromatic rings. The van der Waals surface area contributed by atoms with Crippen LogP contribution in [0.15, 0.2) is 53.7 Å². The lowest BCUT2D eigenvalue weighted by molar-refractivity contribution is 0.254. The number of aliphatic imine (C=N–C) groups is 1. The van der Waals surface area contributed by atoms with Gasteiger partial charge in [-0.05, 0) is 81.1 Å². The number of rotatable bonds is 4. The Morgan fingerprint density at radius 1 is 1.03 bits per heavy atom. The normalized spacial score (nSPS) is 22.7. The molecule has 0 unspecified atom stereocenters. The molecule has 4 heterocycles.